The first-order chi connectivity index (χ1) is 7.58. The van der Waals surface area contributed by atoms with Gasteiger partial charge in [0, 0.05) is 16.8 Å². The fourth-order valence-electron chi connectivity index (χ4n) is 1.47. The molecule has 0 fully saturated rings. The van der Waals surface area contributed by atoms with Gasteiger partial charge in [-0.05, 0) is 24.3 Å². The summed E-state index contributed by atoms with van der Waals surface area (Å²) < 4.78 is 0. The zero-order valence-electron chi connectivity index (χ0n) is 8.22. The van der Waals surface area contributed by atoms with Gasteiger partial charge in [0.05, 0.1) is 0 Å². The first-order valence-electron chi connectivity index (χ1n) is 4.58. The second-order valence-corrected chi connectivity index (χ2v) is 4.22. The maximum absolute atomic E-state index is 11.2. The Kier molecular flexibility index (Phi) is 2.98. The fraction of sp³-hybridized carbons (Fsp3) is 0.100. The number of nitrogens with zero attached hydrogens (tertiary/aromatic N) is 1. The van der Waals surface area contributed by atoms with Crippen LogP contribution in [0.1, 0.15) is 0 Å². The minimum absolute atomic E-state index is 0.247. The van der Waals surface area contributed by atoms with Gasteiger partial charge in [0.2, 0.25) is 5.91 Å². The van der Waals surface area contributed by atoms with E-state index in [4.69, 9.17) is 17.3 Å². The van der Waals surface area contributed by atoms with E-state index >= 15 is 0 Å². The molecule has 0 saturated heterocycles. The predicted molar refractivity (Wildman–Crippen MR) is 67.1 cm³/mol. The van der Waals surface area contributed by atoms with Crippen LogP contribution in [0.5, 0.6) is 0 Å². The highest BCUT2D eigenvalue weighted by Gasteiger charge is 2.24. The van der Waals surface area contributed by atoms with E-state index in [2.05, 4.69) is 17.9 Å². The molecule has 1 heterocycles. The first kappa shape index (κ1) is 11.2. The van der Waals surface area contributed by atoms with Gasteiger partial charge in [0.1, 0.15) is 5.82 Å². The number of nitrogens with two attached hydrogens (primary N) is 1. The minimum atomic E-state index is -0.473. The molecule has 1 unspecified atom stereocenters. The van der Waals surface area contributed by atoms with E-state index in [1.54, 1.807) is 17.0 Å². The smallest absolute Gasteiger partial charge is 0.249 e. The standard InChI is InChI=1S/C10H10ClN3OS/c11-6-1-3-7(4-2-6)14-8(12)5-9(15)13-10(14)16/h1-5,10,16H,12H2,(H,13,15). The van der Waals surface area contributed by atoms with Crippen molar-refractivity contribution >= 4 is 35.8 Å². The molecule has 1 atom stereocenters. The van der Waals surface area contributed by atoms with E-state index in [1.807, 2.05) is 12.1 Å². The highest BCUT2D eigenvalue weighted by atomic mass is 35.5. The summed E-state index contributed by atoms with van der Waals surface area (Å²) in [6, 6.07) is 7.12. The van der Waals surface area contributed by atoms with Crippen LogP contribution in [-0.2, 0) is 4.79 Å². The Hall–Kier alpha value is -1.33. The molecule has 84 valence electrons. The SMILES string of the molecule is NC1=CC(=O)NC(S)N1c1ccc(Cl)cc1. The minimum Gasteiger partial charge on any atom is -0.385 e. The van der Waals surface area contributed by atoms with Gasteiger partial charge in [0.25, 0.3) is 0 Å². The molecule has 0 aromatic heterocycles. The molecule has 1 aliphatic heterocycles. The van der Waals surface area contributed by atoms with Crippen LogP contribution in [0.3, 0.4) is 0 Å². The molecule has 1 aliphatic rings. The number of carbonyl (C=O) groups is 1. The molecule has 1 aromatic rings. The summed E-state index contributed by atoms with van der Waals surface area (Å²) in [7, 11) is 0. The number of carbonyl (C=O) groups excluding carboxylic acids is 1. The molecule has 16 heavy (non-hydrogen) atoms. The van der Waals surface area contributed by atoms with Crippen LogP contribution in [0, 0.1) is 0 Å². The molecule has 2 rings (SSSR count). The van der Waals surface area contributed by atoms with Crippen LogP contribution >= 0.6 is 24.2 Å². The molecule has 0 aliphatic carbocycles. The second-order valence-electron chi connectivity index (χ2n) is 3.30. The molecule has 3 N–H and O–H groups in total. The van der Waals surface area contributed by atoms with Crippen LogP contribution in [0.25, 0.3) is 0 Å². The summed E-state index contributed by atoms with van der Waals surface area (Å²) in [5.74, 6) is 0.105. The number of rotatable bonds is 1. The van der Waals surface area contributed by atoms with Crippen molar-refractivity contribution in [3.8, 4) is 0 Å². The Morgan fingerprint density at radius 2 is 2.00 bits per heavy atom. The number of benzene rings is 1. The normalized spacial score (nSPS) is 20.4. The van der Waals surface area contributed by atoms with Gasteiger partial charge in [-0.3, -0.25) is 9.69 Å². The number of hydrogen-bond donors (Lipinski definition) is 3. The maximum Gasteiger partial charge on any atom is 0.249 e. The number of anilines is 1. The molecule has 0 spiro atoms. The quantitative estimate of drug-likeness (QED) is 0.663. The van der Waals surface area contributed by atoms with Crippen molar-refractivity contribution in [1.82, 2.24) is 5.32 Å². The number of thiol groups is 1. The molecular weight excluding hydrogens is 246 g/mol. The van der Waals surface area contributed by atoms with Crippen molar-refractivity contribution in [2.24, 2.45) is 5.73 Å². The van der Waals surface area contributed by atoms with E-state index in [0.717, 1.165) is 5.69 Å². The van der Waals surface area contributed by atoms with Gasteiger partial charge in [-0.25, -0.2) is 0 Å². The lowest BCUT2D eigenvalue weighted by Crippen LogP contribution is -2.50. The van der Waals surface area contributed by atoms with Crippen molar-refractivity contribution in [1.29, 1.82) is 0 Å². The third kappa shape index (κ3) is 2.10. The zero-order chi connectivity index (χ0) is 11.7. The van der Waals surface area contributed by atoms with Gasteiger partial charge >= 0.3 is 0 Å². The monoisotopic (exact) mass is 255 g/mol. The van der Waals surface area contributed by atoms with Crippen LogP contribution in [-0.4, -0.2) is 11.4 Å². The third-order valence-electron chi connectivity index (χ3n) is 2.18. The number of halogens is 1. The van der Waals surface area contributed by atoms with Crippen molar-refractivity contribution in [2.45, 2.75) is 5.50 Å². The van der Waals surface area contributed by atoms with E-state index in [-0.39, 0.29) is 5.91 Å². The highest BCUT2D eigenvalue weighted by molar-refractivity contribution is 7.81. The second kappa shape index (κ2) is 4.27. The third-order valence-corrected chi connectivity index (χ3v) is 2.79. The zero-order valence-corrected chi connectivity index (χ0v) is 9.87. The summed E-state index contributed by atoms with van der Waals surface area (Å²) in [6.07, 6.45) is 1.32. The molecule has 0 radical (unpaired) electrons. The highest BCUT2D eigenvalue weighted by Crippen LogP contribution is 2.24. The molecule has 0 bridgehead atoms. The lowest BCUT2D eigenvalue weighted by atomic mass is 10.2. The van der Waals surface area contributed by atoms with Crippen LogP contribution in [0.15, 0.2) is 36.2 Å². The maximum atomic E-state index is 11.2. The van der Waals surface area contributed by atoms with Crippen LogP contribution in [0.2, 0.25) is 5.02 Å². The van der Waals surface area contributed by atoms with E-state index in [1.165, 1.54) is 6.08 Å². The Balaban J connectivity index is 2.36. The molecule has 6 heteroatoms. The predicted octanol–water partition coefficient (Wildman–Crippen LogP) is 1.29. The average molecular weight is 256 g/mol. The largest absolute Gasteiger partial charge is 0.385 e. The Bertz CT molecular complexity index is 446. The Morgan fingerprint density at radius 3 is 2.56 bits per heavy atom. The lowest BCUT2D eigenvalue weighted by molar-refractivity contribution is -0.117. The van der Waals surface area contributed by atoms with Gasteiger partial charge in [-0.2, -0.15) is 0 Å². The van der Waals surface area contributed by atoms with Crippen LogP contribution < -0.4 is 16.0 Å². The number of amides is 1. The summed E-state index contributed by atoms with van der Waals surface area (Å²) >= 11 is 10.0. The summed E-state index contributed by atoms with van der Waals surface area (Å²) in [5, 5.41) is 3.28. The van der Waals surface area contributed by atoms with Crippen molar-refractivity contribution in [2.75, 3.05) is 4.90 Å². The van der Waals surface area contributed by atoms with Crippen molar-refractivity contribution in [3.63, 3.8) is 0 Å². The lowest BCUT2D eigenvalue weighted by Gasteiger charge is -2.33. The van der Waals surface area contributed by atoms with Crippen LogP contribution in [0.4, 0.5) is 5.69 Å². The van der Waals surface area contributed by atoms with E-state index in [9.17, 15) is 4.79 Å². The van der Waals surface area contributed by atoms with Crippen molar-refractivity contribution in [3.05, 3.63) is 41.2 Å². The van der Waals surface area contributed by atoms with E-state index in [0.29, 0.717) is 10.8 Å². The first-order valence-corrected chi connectivity index (χ1v) is 5.48. The van der Waals surface area contributed by atoms with Gasteiger partial charge < -0.3 is 11.1 Å². The fourth-order valence-corrected chi connectivity index (χ4v) is 1.99. The summed E-state index contributed by atoms with van der Waals surface area (Å²) in [5.41, 5.74) is 6.12. The number of nitrogens with one attached hydrogen (secondary N) is 1. The molecule has 4 nitrogen and oxygen atoms in total. The molecule has 0 saturated carbocycles. The Labute approximate surface area is 103 Å². The molecular formula is C10H10ClN3OS. The molecule has 1 amide bonds. The van der Waals surface area contributed by atoms with Gasteiger partial charge in [-0.1, -0.05) is 11.6 Å². The average Bonchev–Trinajstić information content (AvgIpc) is 2.19. The summed E-state index contributed by atoms with van der Waals surface area (Å²) in [6.45, 7) is 0. The number of hydrogen-bond acceptors (Lipinski definition) is 4. The van der Waals surface area contributed by atoms with Gasteiger partial charge in [-0.15, -0.1) is 12.6 Å². The van der Waals surface area contributed by atoms with E-state index < -0.39 is 5.50 Å². The van der Waals surface area contributed by atoms with Crippen molar-refractivity contribution < 1.29 is 4.79 Å². The summed E-state index contributed by atoms with van der Waals surface area (Å²) in [4.78, 5) is 12.8. The topological polar surface area (TPSA) is 58.4 Å². The van der Waals surface area contributed by atoms with Gasteiger partial charge in [0.15, 0.2) is 5.50 Å². The Morgan fingerprint density at radius 1 is 1.38 bits per heavy atom. The molecule has 1 aromatic carbocycles.